The Kier molecular flexibility index (Phi) is 3.99. The maximum absolute atomic E-state index is 13.4. The maximum Gasteiger partial charge on any atom is 0.416 e. The van der Waals surface area contributed by atoms with E-state index in [1.807, 2.05) is 42.0 Å². The lowest BCUT2D eigenvalue weighted by Gasteiger charge is -2.33. The first-order valence-electron chi connectivity index (χ1n) is 9.46. The first-order chi connectivity index (χ1) is 14.3. The predicted octanol–water partition coefficient (Wildman–Crippen LogP) is 5.27. The van der Waals surface area contributed by atoms with Crippen LogP contribution in [-0.2, 0) is 6.18 Å². The molecule has 3 heterocycles. The number of nitrogens with zero attached hydrogens (tertiary/aromatic N) is 3. The number of halogens is 3. The van der Waals surface area contributed by atoms with Gasteiger partial charge in [0.15, 0.2) is 0 Å². The number of amides is 1. The first kappa shape index (κ1) is 18.5. The van der Waals surface area contributed by atoms with Crippen molar-refractivity contribution in [3.05, 3.63) is 72.2 Å². The SMILES string of the molecule is C[C@H]1CN(c2ccc(C(F)(F)F)cc2)C(=O)c2c(-c3ccc4cn[nH]c4c3)ccn21. The molecule has 1 atom stereocenters. The van der Waals surface area contributed by atoms with Crippen LogP contribution in [0.4, 0.5) is 18.9 Å². The van der Waals surface area contributed by atoms with Gasteiger partial charge in [-0.2, -0.15) is 18.3 Å². The van der Waals surface area contributed by atoms with Crippen LogP contribution in [0.1, 0.15) is 29.0 Å². The minimum Gasteiger partial charge on any atom is -0.338 e. The molecular formula is C22H17F3N4O. The van der Waals surface area contributed by atoms with Gasteiger partial charge < -0.3 is 9.47 Å². The Morgan fingerprint density at radius 3 is 2.60 bits per heavy atom. The summed E-state index contributed by atoms with van der Waals surface area (Å²) < 4.78 is 40.6. The predicted molar refractivity (Wildman–Crippen MR) is 107 cm³/mol. The molecule has 0 spiro atoms. The average molecular weight is 410 g/mol. The van der Waals surface area contributed by atoms with Crippen molar-refractivity contribution in [2.75, 3.05) is 11.4 Å². The first-order valence-corrected chi connectivity index (χ1v) is 9.46. The van der Waals surface area contributed by atoms with E-state index in [9.17, 15) is 18.0 Å². The third-order valence-corrected chi connectivity index (χ3v) is 5.54. The molecule has 2 aromatic heterocycles. The van der Waals surface area contributed by atoms with Crippen molar-refractivity contribution < 1.29 is 18.0 Å². The number of benzene rings is 2. The van der Waals surface area contributed by atoms with Gasteiger partial charge in [0.2, 0.25) is 0 Å². The number of nitrogens with one attached hydrogen (secondary N) is 1. The highest BCUT2D eigenvalue weighted by Gasteiger charge is 2.34. The van der Waals surface area contributed by atoms with Crippen molar-refractivity contribution >= 4 is 22.5 Å². The molecule has 0 saturated heterocycles. The topological polar surface area (TPSA) is 53.9 Å². The van der Waals surface area contributed by atoms with Crippen molar-refractivity contribution in [1.82, 2.24) is 14.8 Å². The van der Waals surface area contributed by atoms with Gasteiger partial charge in [0.1, 0.15) is 5.69 Å². The van der Waals surface area contributed by atoms with Gasteiger partial charge in [-0.05, 0) is 48.9 Å². The van der Waals surface area contributed by atoms with Crippen LogP contribution in [0.15, 0.2) is 60.9 Å². The quantitative estimate of drug-likeness (QED) is 0.489. The molecule has 1 N–H and O–H groups in total. The molecule has 4 aromatic rings. The van der Waals surface area contributed by atoms with Crippen LogP contribution in [0.25, 0.3) is 22.0 Å². The Morgan fingerprint density at radius 1 is 1.10 bits per heavy atom. The largest absolute Gasteiger partial charge is 0.416 e. The van der Waals surface area contributed by atoms with Gasteiger partial charge in [-0.25, -0.2) is 0 Å². The number of hydrogen-bond donors (Lipinski definition) is 1. The maximum atomic E-state index is 13.4. The molecular weight excluding hydrogens is 393 g/mol. The molecule has 0 unspecified atom stereocenters. The second-order valence-electron chi connectivity index (χ2n) is 7.47. The summed E-state index contributed by atoms with van der Waals surface area (Å²) in [4.78, 5) is 14.9. The molecule has 0 saturated carbocycles. The molecule has 1 amide bonds. The highest BCUT2D eigenvalue weighted by Crippen LogP contribution is 2.36. The second kappa shape index (κ2) is 6.48. The molecule has 5 rings (SSSR count). The molecule has 152 valence electrons. The normalized spacial score (nSPS) is 16.9. The fourth-order valence-corrected chi connectivity index (χ4v) is 3.99. The van der Waals surface area contributed by atoms with E-state index in [-0.39, 0.29) is 11.9 Å². The smallest absolute Gasteiger partial charge is 0.338 e. The number of fused-ring (bicyclic) bond motifs is 2. The van der Waals surface area contributed by atoms with Crippen LogP contribution in [0, 0.1) is 0 Å². The van der Waals surface area contributed by atoms with E-state index in [4.69, 9.17) is 0 Å². The Labute approximate surface area is 169 Å². The number of anilines is 1. The van der Waals surface area contributed by atoms with Gasteiger partial charge in [0.05, 0.1) is 17.3 Å². The van der Waals surface area contributed by atoms with E-state index in [0.717, 1.165) is 34.2 Å². The molecule has 8 heteroatoms. The van der Waals surface area contributed by atoms with Crippen LogP contribution in [-0.4, -0.2) is 27.2 Å². The minimum atomic E-state index is -4.41. The third kappa shape index (κ3) is 2.87. The van der Waals surface area contributed by atoms with Gasteiger partial charge in [-0.15, -0.1) is 0 Å². The molecule has 30 heavy (non-hydrogen) atoms. The molecule has 0 radical (unpaired) electrons. The summed E-state index contributed by atoms with van der Waals surface area (Å²) in [5.74, 6) is -0.238. The zero-order valence-corrected chi connectivity index (χ0v) is 15.9. The highest BCUT2D eigenvalue weighted by atomic mass is 19.4. The zero-order valence-electron chi connectivity index (χ0n) is 15.9. The number of rotatable bonds is 2. The fourth-order valence-electron chi connectivity index (χ4n) is 3.99. The monoisotopic (exact) mass is 410 g/mol. The summed E-state index contributed by atoms with van der Waals surface area (Å²) in [7, 11) is 0. The number of aromatic amines is 1. The number of H-pyrrole nitrogens is 1. The lowest BCUT2D eigenvalue weighted by molar-refractivity contribution is -0.137. The minimum absolute atomic E-state index is 0.0235. The van der Waals surface area contributed by atoms with Crippen LogP contribution in [0.2, 0.25) is 0 Å². The number of alkyl halides is 3. The highest BCUT2D eigenvalue weighted by molar-refractivity contribution is 6.10. The van der Waals surface area contributed by atoms with Crippen molar-refractivity contribution in [2.45, 2.75) is 19.1 Å². The summed E-state index contributed by atoms with van der Waals surface area (Å²) in [6, 6.07) is 12.4. The van der Waals surface area contributed by atoms with Gasteiger partial charge in [0.25, 0.3) is 5.91 Å². The van der Waals surface area contributed by atoms with E-state index in [1.54, 1.807) is 11.1 Å². The van der Waals surface area contributed by atoms with E-state index in [0.29, 0.717) is 17.9 Å². The van der Waals surface area contributed by atoms with Crippen LogP contribution >= 0.6 is 0 Å². The molecule has 1 aliphatic rings. The summed E-state index contributed by atoms with van der Waals surface area (Å²) in [6.07, 6.45) is -0.798. The molecule has 2 aromatic carbocycles. The van der Waals surface area contributed by atoms with E-state index >= 15 is 0 Å². The fraction of sp³-hybridized carbons (Fsp3) is 0.182. The molecule has 0 bridgehead atoms. The lowest BCUT2D eigenvalue weighted by Crippen LogP contribution is -2.42. The summed E-state index contributed by atoms with van der Waals surface area (Å²) >= 11 is 0. The van der Waals surface area contributed by atoms with E-state index in [2.05, 4.69) is 10.2 Å². The Balaban J connectivity index is 1.56. The number of aromatic nitrogens is 3. The average Bonchev–Trinajstić information content (AvgIpc) is 3.37. The van der Waals surface area contributed by atoms with Gasteiger partial charge in [-0.3, -0.25) is 9.89 Å². The van der Waals surface area contributed by atoms with Crippen molar-refractivity contribution in [2.24, 2.45) is 0 Å². The molecule has 5 nitrogen and oxygen atoms in total. The number of carbonyl (C=O) groups is 1. The summed E-state index contributed by atoms with van der Waals surface area (Å²) in [5.41, 5.74) is 2.74. The Hall–Kier alpha value is -3.55. The van der Waals surface area contributed by atoms with Crippen molar-refractivity contribution in [3.63, 3.8) is 0 Å². The van der Waals surface area contributed by atoms with Gasteiger partial charge in [0, 0.05) is 35.4 Å². The zero-order chi connectivity index (χ0) is 21.0. The standard InChI is InChI=1S/C22H17F3N4O/c1-13-12-29(17-6-4-16(5-7-17)22(23,24)25)21(30)20-18(8-9-28(13)20)14-2-3-15-11-26-27-19(15)10-14/h2-11,13H,12H2,1H3,(H,26,27)/t13-/m0/s1. The van der Waals surface area contributed by atoms with Gasteiger partial charge >= 0.3 is 6.18 Å². The van der Waals surface area contributed by atoms with Crippen LogP contribution in [0.5, 0.6) is 0 Å². The molecule has 0 aliphatic carbocycles. The summed E-state index contributed by atoms with van der Waals surface area (Å²) in [6.45, 7) is 2.36. The van der Waals surface area contributed by atoms with Gasteiger partial charge in [-0.1, -0.05) is 12.1 Å². The van der Waals surface area contributed by atoms with Crippen molar-refractivity contribution in [1.29, 1.82) is 0 Å². The second-order valence-corrected chi connectivity index (χ2v) is 7.47. The van der Waals surface area contributed by atoms with Crippen LogP contribution < -0.4 is 4.90 Å². The third-order valence-electron chi connectivity index (χ3n) is 5.54. The lowest BCUT2D eigenvalue weighted by atomic mass is 10.0. The number of hydrogen-bond acceptors (Lipinski definition) is 2. The Morgan fingerprint density at radius 2 is 1.87 bits per heavy atom. The number of carbonyl (C=O) groups excluding carboxylic acids is 1. The van der Waals surface area contributed by atoms with E-state index in [1.165, 1.54) is 12.1 Å². The van der Waals surface area contributed by atoms with E-state index < -0.39 is 11.7 Å². The molecule has 1 aliphatic heterocycles. The van der Waals surface area contributed by atoms with Crippen LogP contribution in [0.3, 0.4) is 0 Å². The summed E-state index contributed by atoms with van der Waals surface area (Å²) in [5, 5.41) is 7.93. The molecule has 0 fully saturated rings. The van der Waals surface area contributed by atoms with Crippen molar-refractivity contribution in [3.8, 4) is 11.1 Å². The Bertz CT molecular complexity index is 1250.